The molecule has 0 radical (unpaired) electrons. The van der Waals surface area contributed by atoms with Gasteiger partial charge in [-0.05, 0) is 49.5 Å². The third-order valence-corrected chi connectivity index (χ3v) is 4.22. The highest BCUT2D eigenvalue weighted by atomic mass is 19.4. The molecule has 0 aromatic heterocycles. The summed E-state index contributed by atoms with van der Waals surface area (Å²) in [6.07, 6.45) is -1.10. The predicted molar refractivity (Wildman–Crippen MR) is 89.2 cm³/mol. The molecule has 1 aliphatic heterocycles. The fourth-order valence-electron chi connectivity index (χ4n) is 2.94. The van der Waals surface area contributed by atoms with Crippen LogP contribution in [0.25, 0.3) is 0 Å². The maximum absolute atomic E-state index is 12.4. The molecule has 0 spiro atoms. The molecule has 1 heterocycles. The molecule has 1 saturated heterocycles. The van der Waals surface area contributed by atoms with Crippen molar-refractivity contribution in [2.75, 3.05) is 32.8 Å². The standard InChI is InChI=1S/C18H27F3N2O/c1-2-3-10-24-17-6-4-15(5-7-17)11-22-12-16-8-9-23(13-16)14-18(19,20)21/h4-7,16,22H,2-3,8-14H2,1H3. The first-order valence-electron chi connectivity index (χ1n) is 8.68. The van der Waals surface area contributed by atoms with E-state index < -0.39 is 12.7 Å². The first-order valence-corrected chi connectivity index (χ1v) is 8.68. The summed E-state index contributed by atoms with van der Waals surface area (Å²) in [4.78, 5) is 1.49. The maximum Gasteiger partial charge on any atom is 0.401 e. The van der Waals surface area contributed by atoms with Gasteiger partial charge in [0.1, 0.15) is 5.75 Å². The highest BCUT2D eigenvalue weighted by Gasteiger charge is 2.34. The Hall–Kier alpha value is -1.27. The minimum Gasteiger partial charge on any atom is -0.494 e. The van der Waals surface area contributed by atoms with E-state index in [2.05, 4.69) is 12.2 Å². The molecule has 24 heavy (non-hydrogen) atoms. The Morgan fingerprint density at radius 3 is 2.67 bits per heavy atom. The highest BCUT2D eigenvalue weighted by Crippen LogP contribution is 2.22. The van der Waals surface area contributed by atoms with Crippen molar-refractivity contribution >= 4 is 0 Å². The largest absolute Gasteiger partial charge is 0.494 e. The number of hydrogen-bond acceptors (Lipinski definition) is 3. The molecule has 1 aliphatic rings. The van der Waals surface area contributed by atoms with Crippen LogP contribution in [-0.2, 0) is 6.54 Å². The molecule has 0 bridgehead atoms. The minimum absolute atomic E-state index is 0.295. The minimum atomic E-state index is -4.09. The van der Waals surface area contributed by atoms with E-state index in [4.69, 9.17) is 4.74 Å². The van der Waals surface area contributed by atoms with Crippen molar-refractivity contribution in [3.05, 3.63) is 29.8 Å². The van der Waals surface area contributed by atoms with E-state index in [1.54, 1.807) is 0 Å². The van der Waals surface area contributed by atoms with Gasteiger partial charge in [-0.25, -0.2) is 0 Å². The number of ether oxygens (including phenoxy) is 1. The van der Waals surface area contributed by atoms with Crippen molar-refractivity contribution in [2.45, 2.75) is 38.9 Å². The van der Waals surface area contributed by atoms with Crippen molar-refractivity contribution in [3.63, 3.8) is 0 Å². The van der Waals surface area contributed by atoms with Crippen molar-refractivity contribution in [2.24, 2.45) is 5.92 Å². The second-order valence-corrected chi connectivity index (χ2v) is 6.48. The second-order valence-electron chi connectivity index (χ2n) is 6.48. The molecular weight excluding hydrogens is 317 g/mol. The number of likely N-dealkylation sites (tertiary alicyclic amines) is 1. The summed E-state index contributed by atoms with van der Waals surface area (Å²) < 4.78 is 42.7. The molecule has 2 rings (SSSR count). The van der Waals surface area contributed by atoms with Crippen LogP contribution in [0.4, 0.5) is 13.2 Å². The number of halogens is 3. The number of rotatable bonds is 9. The summed E-state index contributed by atoms with van der Waals surface area (Å²) >= 11 is 0. The number of benzene rings is 1. The lowest BCUT2D eigenvalue weighted by Crippen LogP contribution is -2.33. The Balaban J connectivity index is 1.64. The van der Waals surface area contributed by atoms with Crippen LogP contribution in [0.2, 0.25) is 0 Å². The lowest BCUT2D eigenvalue weighted by atomic mass is 10.1. The number of alkyl halides is 3. The normalized spacial score (nSPS) is 18.9. The zero-order valence-corrected chi connectivity index (χ0v) is 14.2. The van der Waals surface area contributed by atoms with Crippen LogP contribution in [0.3, 0.4) is 0 Å². The van der Waals surface area contributed by atoms with Gasteiger partial charge in [0, 0.05) is 13.1 Å². The quantitative estimate of drug-likeness (QED) is 0.689. The number of unbranched alkanes of at least 4 members (excludes halogenated alkanes) is 1. The zero-order chi connectivity index (χ0) is 17.4. The first-order chi connectivity index (χ1) is 11.5. The summed E-state index contributed by atoms with van der Waals surface area (Å²) in [6.45, 7) is 4.62. The smallest absolute Gasteiger partial charge is 0.401 e. The van der Waals surface area contributed by atoms with Crippen molar-refractivity contribution in [1.82, 2.24) is 10.2 Å². The molecule has 0 aliphatic carbocycles. The Morgan fingerprint density at radius 2 is 2.00 bits per heavy atom. The molecule has 136 valence electrons. The van der Waals surface area contributed by atoms with Gasteiger partial charge in [-0.3, -0.25) is 4.90 Å². The molecule has 1 N–H and O–H groups in total. The van der Waals surface area contributed by atoms with Crippen LogP contribution < -0.4 is 10.1 Å². The molecule has 0 amide bonds. The van der Waals surface area contributed by atoms with Crippen LogP contribution >= 0.6 is 0 Å². The number of hydrogen-bond donors (Lipinski definition) is 1. The van der Waals surface area contributed by atoms with Crippen LogP contribution in [0.15, 0.2) is 24.3 Å². The van der Waals surface area contributed by atoms with Crippen molar-refractivity contribution in [3.8, 4) is 5.75 Å². The van der Waals surface area contributed by atoms with Gasteiger partial charge in [0.2, 0.25) is 0 Å². The monoisotopic (exact) mass is 344 g/mol. The number of nitrogens with one attached hydrogen (secondary N) is 1. The van der Waals surface area contributed by atoms with E-state index in [9.17, 15) is 13.2 Å². The fraction of sp³-hybridized carbons (Fsp3) is 0.667. The van der Waals surface area contributed by atoms with Crippen LogP contribution in [0.5, 0.6) is 5.75 Å². The summed E-state index contributed by atoms with van der Waals surface area (Å²) in [6, 6.07) is 7.98. The van der Waals surface area contributed by atoms with Crippen LogP contribution in [0.1, 0.15) is 31.7 Å². The van der Waals surface area contributed by atoms with Crippen molar-refractivity contribution in [1.29, 1.82) is 0 Å². The third-order valence-electron chi connectivity index (χ3n) is 4.22. The van der Waals surface area contributed by atoms with E-state index in [1.165, 1.54) is 4.90 Å². The van der Waals surface area contributed by atoms with Gasteiger partial charge in [0.15, 0.2) is 0 Å². The van der Waals surface area contributed by atoms with Gasteiger partial charge in [-0.1, -0.05) is 25.5 Å². The highest BCUT2D eigenvalue weighted by molar-refractivity contribution is 5.27. The summed E-state index contributed by atoms with van der Waals surface area (Å²) in [5.74, 6) is 1.18. The molecule has 1 atom stereocenters. The summed E-state index contributed by atoms with van der Waals surface area (Å²) in [5.41, 5.74) is 1.16. The SMILES string of the molecule is CCCCOc1ccc(CNCC2CCN(CC(F)(F)F)C2)cc1. The molecule has 1 aromatic carbocycles. The Kier molecular flexibility index (Phi) is 7.37. The molecule has 1 aromatic rings. The fourth-order valence-corrected chi connectivity index (χ4v) is 2.94. The van der Waals surface area contributed by atoms with E-state index in [0.717, 1.165) is 50.3 Å². The van der Waals surface area contributed by atoms with E-state index in [1.807, 2.05) is 24.3 Å². The van der Waals surface area contributed by atoms with Gasteiger partial charge in [-0.15, -0.1) is 0 Å². The lowest BCUT2D eigenvalue weighted by Gasteiger charge is -2.18. The van der Waals surface area contributed by atoms with Gasteiger partial charge in [0.05, 0.1) is 13.2 Å². The molecule has 0 saturated carbocycles. The maximum atomic E-state index is 12.4. The molecule has 6 heteroatoms. The predicted octanol–water partition coefficient (Wildman–Crippen LogP) is 3.84. The van der Waals surface area contributed by atoms with E-state index >= 15 is 0 Å². The average molecular weight is 344 g/mol. The average Bonchev–Trinajstić information content (AvgIpc) is 2.94. The van der Waals surface area contributed by atoms with Crippen molar-refractivity contribution < 1.29 is 17.9 Å². The van der Waals surface area contributed by atoms with Crippen LogP contribution in [0, 0.1) is 5.92 Å². The molecule has 3 nitrogen and oxygen atoms in total. The Bertz CT molecular complexity index is 476. The van der Waals surface area contributed by atoms with Gasteiger partial charge >= 0.3 is 6.18 Å². The Morgan fingerprint density at radius 1 is 1.25 bits per heavy atom. The zero-order valence-electron chi connectivity index (χ0n) is 14.2. The van der Waals surface area contributed by atoms with E-state index in [-0.39, 0.29) is 0 Å². The van der Waals surface area contributed by atoms with Gasteiger partial charge in [0.25, 0.3) is 0 Å². The number of nitrogens with zero attached hydrogens (tertiary/aromatic N) is 1. The van der Waals surface area contributed by atoms with E-state index in [0.29, 0.717) is 19.0 Å². The first kappa shape index (κ1) is 19.1. The molecular formula is C18H27F3N2O. The lowest BCUT2D eigenvalue weighted by molar-refractivity contribution is -0.143. The molecule has 1 unspecified atom stereocenters. The van der Waals surface area contributed by atoms with Gasteiger partial charge < -0.3 is 10.1 Å². The Labute approximate surface area is 142 Å². The van der Waals surface area contributed by atoms with Crippen LogP contribution in [-0.4, -0.2) is 43.9 Å². The summed E-state index contributed by atoms with van der Waals surface area (Å²) in [5, 5.41) is 3.35. The third kappa shape index (κ3) is 7.09. The second kappa shape index (κ2) is 9.28. The summed E-state index contributed by atoms with van der Waals surface area (Å²) in [7, 11) is 0. The van der Waals surface area contributed by atoms with Gasteiger partial charge in [-0.2, -0.15) is 13.2 Å². The topological polar surface area (TPSA) is 24.5 Å². The molecule has 1 fully saturated rings.